The van der Waals surface area contributed by atoms with E-state index in [1.807, 2.05) is 35.2 Å². The van der Waals surface area contributed by atoms with Gasteiger partial charge in [0.15, 0.2) is 0 Å². The second-order valence-electron chi connectivity index (χ2n) is 5.67. The molecule has 3 heterocycles. The molecular weight excluding hydrogens is 288 g/mol. The maximum absolute atomic E-state index is 12.5. The molecule has 1 aliphatic heterocycles. The molecule has 0 atom stereocenters. The van der Waals surface area contributed by atoms with Gasteiger partial charge in [-0.05, 0) is 37.1 Å². The van der Waals surface area contributed by atoms with Crippen LogP contribution in [0.5, 0.6) is 0 Å². The normalized spacial score (nSPS) is 14.3. The number of hydrogen-bond donors (Lipinski definition) is 0. The fourth-order valence-corrected chi connectivity index (χ4v) is 2.92. The molecule has 5 heteroatoms. The van der Waals surface area contributed by atoms with Crippen LogP contribution in [0.1, 0.15) is 23.3 Å². The number of carbonyl (C=O) groups excluding carboxylic acids is 1. The first-order valence-corrected chi connectivity index (χ1v) is 7.79. The minimum Gasteiger partial charge on any atom is -0.337 e. The van der Waals surface area contributed by atoms with E-state index in [1.54, 1.807) is 18.5 Å². The van der Waals surface area contributed by atoms with Gasteiger partial charge in [-0.15, -0.1) is 0 Å². The van der Waals surface area contributed by atoms with E-state index in [9.17, 15) is 4.79 Å². The van der Waals surface area contributed by atoms with E-state index in [2.05, 4.69) is 15.0 Å². The highest BCUT2D eigenvalue weighted by Crippen LogP contribution is 2.22. The van der Waals surface area contributed by atoms with Gasteiger partial charge in [-0.25, -0.2) is 4.98 Å². The highest BCUT2D eigenvalue weighted by Gasteiger charge is 2.20. The standard InChI is InChI=1S/C18H16N4O/c23-18(22-10-1-2-11-22)16-5-3-4-14(21-16)13-6-7-15-17(12-13)20-9-8-19-15/h3-9,12H,1-2,10-11H2. The third kappa shape index (κ3) is 2.65. The van der Waals surface area contributed by atoms with Crippen LogP contribution in [0.25, 0.3) is 22.3 Å². The van der Waals surface area contributed by atoms with Gasteiger partial charge >= 0.3 is 0 Å². The van der Waals surface area contributed by atoms with Crippen LogP contribution in [-0.4, -0.2) is 38.8 Å². The second-order valence-corrected chi connectivity index (χ2v) is 5.67. The van der Waals surface area contributed by atoms with Crippen LogP contribution >= 0.6 is 0 Å². The maximum atomic E-state index is 12.5. The Kier molecular flexibility index (Phi) is 3.46. The van der Waals surface area contributed by atoms with Crippen molar-refractivity contribution in [3.05, 3.63) is 54.5 Å². The zero-order chi connectivity index (χ0) is 15.6. The number of pyridine rings is 1. The molecule has 5 nitrogen and oxygen atoms in total. The average molecular weight is 304 g/mol. The topological polar surface area (TPSA) is 59.0 Å². The van der Waals surface area contributed by atoms with E-state index in [1.165, 1.54) is 0 Å². The van der Waals surface area contributed by atoms with Crippen molar-refractivity contribution in [2.45, 2.75) is 12.8 Å². The molecule has 0 radical (unpaired) electrons. The lowest BCUT2D eigenvalue weighted by atomic mass is 10.1. The summed E-state index contributed by atoms with van der Waals surface area (Å²) < 4.78 is 0. The SMILES string of the molecule is O=C(c1cccc(-c2ccc3nccnc3c2)n1)N1CCCC1. The summed E-state index contributed by atoms with van der Waals surface area (Å²) >= 11 is 0. The predicted octanol–water partition coefficient (Wildman–Crippen LogP) is 2.93. The maximum Gasteiger partial charge on any atom is 0.272 e. The number of benzene rings is 1. The van der Waals surface area contributed by atoms with Crippen molar-refractivity contribution in [1.82, 2.24) is 19.9 Å². The molecule has 0 aliphatic carbocycles. The summed E-state index contributed by atoms with van der Waals surface area (Å²) in [6.07, 6.45) is 5.51. The van der Waals surface area contributed by atoms with Crippen molar-refractivity contribution in [3.63, 3.8) is 0 Å². The minimum atomic E-state index is 0.0185. The third-order valence-electron chi connectivity index (χ3n) is 4.13. The third-order valence-corrected chi connectivity index (χ3v) is 4.13. The largest absolute Gasteiger partial charge is 0.337 e. The first kappa shape index (κ1) is 13.8. The van der Waals surface area contributed by atoms with Crippen LogP contribution in [-0.2, 0) is 0 Å². The Labute approximate surface area is 134 Å². The smallest absolute Gasteiger partial charge is 0.272 e. The van der Waals surface area contributed by atoms with Gasteiger partial charge in [-0.2, -0.15) is 0 Å². The molecule has 0 bridgehead atoms. The van der Waals surface area contributed by atoms with Crippen molar-refractivity contribution < 1.29 is 4.79 Å². The molecule has 0 N–H and O–H groups in total. The molecule has 23 heavy (non-hydrogen) atoms. The quantitative estimate of drug-likeness (QED) is 0.730. The molecule has 0 saturated carbocycles. The summed E-state index contributed by atoms with van der Waals surface area (Å²) in [4.78, 5) is 27.5. The molecule has 0 unspecified atom stereocenters. The summed E-state index contributed by atoms with van der Waals surface area (Å²) in [6.45, 7) is 1.66. The van der Waals surface area contributed by atoms with Crippen LogP contribution < -0.4 is 0 Å². The summed E-state index contributed by atoms with van der Waals surface area (Å²) in [6, 6.07) is 11.4. The number of rotatable bonds is 2. The molecule has 1 aliphatic rings. The van der Waals surface area contributed by atoms with Crippen LogP contribution in [0.2, 0.25) is 0 Å². The summed E-state index contributed by atoms with van der Waals surface area (Å²) in [5.74, 6) is 0.0185. The number of fused-ring (bicyclic) bond motifs is 1. The number of carbonyl (C=O) groups is 1. The van der Waals surface area contributed by atoms with Crippen molar-refractivity contribution >= 4 is 16.9 Å². The van der Waals surface area contributed by atoms with Crippen LogP contribution in [0.15, 0.2) is 48.8 Å². The first-order chi connectivity index (χ1) is 11.3. The Morgan fingerprint density at radius 1 is 0.957 bits per heavy atom. The fourth-order valence-electron chi connectivity index (χ4n) is 2.92. The molecule has 1 amide bonds. The van der Waals surface area contributed by atoms with Crippen LogP contribution in [0.4, 0.5) is 0 Å². The average Bonchev–Trinajstić information content (AvgIpc) is 3.15. The molecule has 1 saturated heterocycles. The molecule has 4 rings (SSSR count). The van der Waals surface area contributed by atoms with E-state index in [0.717, 1.165) is 48.2 Å². The monoisotopic (exact) mass is 304 g/mol. The highest BCUT2D eigenvalue weighted by molar-refractivity contribution is 5.93. The Morgan fingerprint density at radius 2 is 1.74 bits per heavy atom. The molecule has 114 valence electrons. The van der Waals surface area contributed by atoms with Gasteiger partial charge in [0.05, 0.1) is 16.7 Å². The Balaban J connectivity index is 1.70. The number of amides is 1. The van der Waals surface area contributed by atoms with Gasteiger partial charge in [0.1, 0.15) is 5.69 Å². The lowest BCUT2D eigenvalue weighted by molar-refractivity contribution is 0.0787. The Bertz CT molecular complexity index is 872. The predicted molar refractivity (Wildman–Crippen MR) is 87.9 cm³/mol. The van der Waals surface area contributed by atoms with Crippen molar-refractivity contribution in [1.29, 1.82) is 0 Å². The zero-order valence-corrected chi connectivity index (χ0v) is 12.6. The van der Waals surface area contributed by atoms with Gasteiger partial charge in [-0.1, -0.05) is 12.1 Å². The number of aromatic nitrogens is 3. The molecular formula is C18H16N4O. The number of likely N-dealkylation sites (tertiary alicyclic amines) is 1. The number of nitrogens with zero attached hydrogens (tertiary/aromatic N) is 4. The van der Waals surface area contributed by atoms with E-state index >= 15 is 0 Å². The van der Waals surface area contributed by atoms with Gasteiger partial charge in [0, 0.05) is 31.0 Å². The Hall–Kier alpha value is -2.82. The van der Waals surface area contributed by atoms with E-state index in [0.29, 0.717) is 5.69 Å². The molecule has 3 aromatic rings. The minimum absolute atomic E-state index is 0.0185. The summed E-state index contributed by atoms with van der Waals surface area (Å²) in [5.41, 5.74) is 3.89. The summed E-state index contributed by atoms with van der Waals surface area (Å²) in [5, 5.41) is 0. The van der Waals surface area contributed by atoms with Gasteiger partial charge in [-0.3, -0.25) is 14.8 Å². The molecule has 0 spiro atoms. The molecule has 1 fully saturated rings. The lowest BCUT2D eigenvalue weighted by Gasteiger charge is -2.15. The van der Waals surface area contributed by atoms with Crippen molar-refractivity contribution in [3.8, 4) is 11.3 Å². The number of hydrogen-bond acceptors (Lipinski definition) is 4. The van der Waals surface area contributed by atoms with E-state index in [4.69, 9.17) is 0 Å². The second kappa shape index (κ2) is 5.76. The lowest BCUT2D eigenvalue weighted by Crippen LogP contribution is -2.28. The first-order valence-electron chi connectivity index (χ1n) is 7.79. The van der Waals surface area contributed by atoms with E-state index in [-0.39, 0.29) is 5.91 Å². The van der Waals surface area contributed by atoms with Gasteiger partial charge < -0.3 is 4.90 Å². The summed E-state index contributed by atoms with van der Waals surface area (Å²) in [7, 11) is 0. The fraction of sp³-hybridized carbons (Fsp3) is 0.222. The van der Waals surface area contributed by atoms with Gasteiger partial charge in [0.25, 0.3) is 5.91 Å². The Morgan fingerprint density at radius 3 is 2.57 bits per heavy atom. The van der Waals surface area contributed by atoms with Crippen LogP contribution in [0.3, 0.4) is 0 Å². The van der Waals surface area contributed by atoms with Gasteiger partial charge in [0.2, 0.25) is 0 Å². The highest BCUT2D eigenvalue weighted by atomic mass is 16.2. The van der Waals surface area contributed by atoms with Crippen LogP contribution in [0, 0.1) is 0 Å². The van der Waals surface area contributed by atoms with E-state index < -0.39 is 0 Å². The van der Waals surface area contributed by atoms with Crippen molar-refractivity contribution in [2.75, 3.05) is 13.1 Å². The molecule has 2 aromatic heterocycles. The zero-order valence-electron chi connectivity index (χ0n) is 12.6. The van der Waals surface area contributed by atoms with Crippen molar-refractivity contribution in [2.24, 2.45) is 0 Å². The molecule has 1 aromatic carbocycles.